The van der Waals surface area contributed by atoms with Gasteiger partial charge in [0.25, 0.3) is 0 Å². The molecule has 0 aromatic heterocycles. The molecule has 1 unspecified atom stereocenters. The van der Waals surface area contributed by atoms with Gasteiger partial charge < -0.3 is 9.47 Å². The highest BCUT2D eigenvalue weighted by molar-refractivity contribution is 5.83. The quantitative estimate of drug-likeness (QED) is 0.507. The summed E-state index contributed by atoms with van der Waals surface area (Å²) in [7, 11) is 1.18. The smallest absolute Gasteiger partial charge is 0.437 e. The van der Waals surface area contributed by atoms with E-state index in [0.717, 1.165) is 19.3 Å². The van der Waals surface area contributed by atoms with Gasteiger partial charge in [-0.15, -0.1) is 0 Å². The number of esters is 1. The highest BCUT2D eigenvalue weighted by Crippen LogP contribution is 2.14. The number of hydrogen-bond acceptors (Lipinski definition) is 4. The molecule has 0 amide bonds. The highest BCUT2D eigenvalue weighted by atomic mass is 16.7. The molecule has 0 aromatic rings. The Morgan fingerprint density at radius 3 is 2.36 bits per heavy atom. The molecule has 14 heavy (non-hydrogen) atoms. The maximum Gasteiger partial charge on any atom is 0.515 e. The van der Waals surface area contributed by atoms with E-state index in [1.165, 1.54) is 7.11 Å². The largest absolute Gasteiger partial charge is 0.515 e. The molecule has 82 valence electrons. The van der Waals surface area contributed by atoms with E-state index in [0.29, 0.717) is 6.42 Å². The predicted molar refractivity (Wildman–Crippen MR) is 51.8 cm³/mol. The molecule has 0 N–H and O–H groups in total. The van der Waals surface area contributed by atoms with E-state index in [1.54, 1.807) is 0 Å². The van der Waals surface area contributed by atoms with Crippen molar-refractivity contribution < 1.29 is 19.1 Å². The molecule has 0 radical (unpaired) electrons. The Labute approximate surface area is 84.6 Å². The second kappa shape index (κ2) is 7.35. The highest BCUT2D eigenvalue weighted by Gasteiger charge is 2.20. The Morgan fingerprint density at radius 2 is 1.93 bits per heavy atom. The molecule has 0 saturated heterocycles. The number of carbonyl (C=O) groups excluding carboxylic acids is 2. The topological polar surface area (TPSA) is 52.6 Å². The summed E-state index contributed by atoms with van der Waals surface area (Å²) in [5, 5.41) is 0. The molecule has 0 spiro atoms. The van der Waals surface area contributed by atoms with Crippen molar-refractivity contribution in [2.75, 3.05) is 7.11 Å². The zero-order chi connectivity index (χ0) is 11.0. The lowest BCUT2D eigenvalue weighted by Gasteiger charge is -2.11. The van der Waals surface area contributed by atoms with Crippen molar-refractivity contribution in [2.24, 2.45) is 5.92 Å². The van der Waals surface area contributed by atoms with Crippen molar-refractivity contribution in [1.82, 2.24) is 0 Å². The van der Waals surface area contributed by atoms with Gasteiger partial charge in [0.1, 0.15) is 0 Å². The first-order valence-corrected chi connectivity index (χ1v) is 4.95. The summed E-state index contributed by atoms with van der Waals surface area (Å²) in [5.41, 5.74) is 0. The van der Waals surface area contributed by atoms with E-state index in [9.17, 15) is 9.59 Å². The molecule has 1 atom stereocenters. The van der Waals surface area contributed by atoms with Crippen LogP contribution >= 0.6 is 0 Å². The van der Waals surface area contributed by atoms with E-state index in [2.05, 4.69) is 16.4 Å². The monoisotopic (exact) mass is 202 g/mol. The van der Waals surface area contributed by atoms with Gasteiger partial charge in [-0.2, -0.15) is 0 Å². The summed E-state index contributed by atoms with van der Waals surface area (Å²) in [6.07, 6.45) is 2.53. The fourth-order valence-corrected chi connectivity index (χ4v) is 1.15. The van der Waals surface area contributed by atoms with Crippen LogP contribution in [0.1, 0.15) is 39.5 Å². The standard InChI is InChI=1S/C10H18O4/c1-4-6-7-8(5-2)9(11)14-10(12)13-3/h8H,4-7H2,1-3H3. The molecule has 0 saturated carbocycles. The lowest BCUT2D eigenvalue weighted by Crippen LogP contribution is -2.20. The van der Waals surface area contributed by atoms with Crippen molar-refractivity contribution in [1.29, 1.82) is 0 Å². The Morgan fingerprint density at radius 1 is 1.29 bits per heavy atom. The van der Waals surface area contributed by atoms with Gasteiger partial charge in [0.05, 0.1) is 13.0 Å². The maximum absolute atomic E-state index is 11.3. The minimum absolute atomic E-state index is 0.186. The van der Waals surface area contributed by atoms with Gasteiger partial charge in [-0.05, 0) is 12.8 Å². The molecule has 0 aliphatic heterocycles. The fourth-order valence-electron chi connectivity index (χ4n) is 1.15. The van der Waals surface area contributed by atoms with Gasteiger partial charge in [-0.1, -0.05) is 26.7 Å². The summed E-state index contributed by atoms with van der Waals surface area (Å²) in [6.45, 7) is 3.96. The molecule has 0 heterocycles. The average molecular weight is 202 g/mol. The molecule has 0 fully saturated rings. The third-order valence-electron chi connectivity index (χ3n) is 2.08. The van der Waals surface area contributed by atoms with E-state index in [1.807, 2.05) is 6.92 Å². The van der Waals surface area contributed by atoms with Crippen molar-refractivity contribution in [3.8, 4) is 0 Å². The Balaban J connectivity index is 3.97. The number of carbonyl (C=O) groups is 2. The van der Waals surface area contributed by atoms with Crippen LogP contribution in [0.2, 0.25) is 0 Å². The normalized spacial score (nSPS) is 11.9. The first kappa shape index (κ1) is 12.9. The van der Waals surface area contributed by atoms with Gasteiger partial charge >= 0.3 is 12.1 Å². The second-order valence-corrected chi connectivity index (χ2v) is 3.12. The summed E-state index contributed by atoms with van der Waals surface area (Å²) < 4.78 is 8.69. The number of unbranched alkanes of at least 4 members (excludes halogenated alkanes) is 1. The van der Waals surface area contributed by atoms with E-state index in [4.69, 9.17) is 0 Å². The van der Waals surface area contributed by atoms with Crippen molar-refractivity contribution >= 4 is 12.1 Å². The van der Waals surface area contributed by atoms with Gasteiger partial charge in [0, 0.05) is 0 Å². The third kappa shape index (κ3) is 4.84. The summed E-state index contributed by atoms with van der Waals surface area (Å²) in [6, 6.07) is 0. The SMILES string of the molecule is CCCCC(CC)C(=O)OC(=O)OC. The molecular formula is C10H18O4. The number of rotatable bonds is 5. The van der Waals surface area contributed by atoms with Crippen molar-refractivity contribution in [3.63, 3.8) is 0 Å². The molecule has 0 bridgehead atoms. The Hall–Kier alpha value is -1.06. The lowest BCUT2D eigenvalue weighted by molar-refractivity contribution is -0.144. The second-order valence-electron chi connectivity index (χ2n) is 3.12. The van der Waals surface area contributed by atoms with Crippen LogP contribution < -0.4 is 0 Å². The van der Waals surface area contributed by atoms with Gasteiger partial charge in [0.15, 0.2) is 0 Å². The van der Waals surface area contributed by atoms with Crippen LogP contribution in [0.4, 0.5) is 4.79 Å². The minimum atomic E-state index is -0.926. The molecule has 4 nitrogen and oxygen atoms in total. The molecule has 0 aromatic carbocycles. The van der Waals surface area contributed by atoms with Crippen LogP contribution in [0.3, 0.4) is 0 Å². The molecule has 0 aliphatic carbocycles. The first-order valence-electron chi connectivity index (χ1n) is 4.95. The number of ether oxygens (including phenoxy) is 2. The lowest BCUT2D eigenvalue weighted by atomic mass is 10.00. The minimum Gasteiger partial charge on any atom is -0.437 e. The summed E-state index contributed by atoms with van der Waals surface area (Å²) in [4.78, 5) is 22.0. The Kier molecular flexibility index (Phi) is 6.80. The summed E-state index contributed by atoms with van der Waals surface area (Å²) >= 11 is 0. The molecule has 4 heteroatoms. The van der Waals surface area contributed by atoms with Gasteiger partial charge in [-0.25, -0.2) is 4.79 Å². The third-order valence-corrected chi connectivity index (χ3v) is 2.08. The average Bonchev–Trinajstić information content (AvgIpc) is 2.18. The predicted octanol–water partition coefficient (Wildman–Crippen LogP) is 2.51. The van der Waals surface area contributed by atoms with Crippen LogP contribution in [0.5, 0.6) is 0 Å². The molecule has 0 rings (SSSR count). The van der Waals surface area contributed by atoms with Crippen molar-refractivity contribution in [2.45, 2.75) is 39.5 Å². The van der Waals surface area contributed by atoms with Crippen LogP contribution in [0.15, 0.2) is 0 Å². The maximum atomic E-state index is 11.3. The van der Waals surface area contributed by atoms with E-state index in [-0.39, 0.29) is 5.92 Å². The van der Waals surface area contributed by atoms with E-state index < -0.39 is 12.1 Å². The number of methoxy groups -OCH3 is 1. The molecule has 0 aliphatic rings. The van der Waals surface area contributed by atoms with Crippen LogP contribution in [0, 0.1) is 5.92 Å². The van der Waals surface area contributed by atoms with Crippen LogP contribution in [0.25, 0.3) is 0 Å². The number of hydrogen-bond donors (Lipinski definition) is 0. The molecular weight excluding hydrogens is 184 g/mol. The van der Waals surface area contributed by atoms with Crippen molar-refractivity contribution in [3.05, 3.63) is 0 Å². The fraction of sp³-hybridized carbons (Fsp3) is 0.800. The Bertz CT molecular complexity index is 189. The van der Waals surface area contributed by atoms with Gasteiger partial charge in [-0.3, -0.25) is 4.79 Å². The van der Waals surface area contributed by atoms with Gasteiger partial charge in [0.2, 0.25) is 0 Å². The van der Waals surface area contributed by atoms with Crippen LogP contribution in [-0.4, -0.2) is 19.2 Å². The summed E-state index contributed by atoms with van der Waals surface area (Å²) in [5.74, 6) is -0.665. The first-order chi connectivity index (χ1) is 6.65. The van der Waals surface area contributed by atoms with E-state index >= 15 is 0 Å². The zero-order valence-electron chi connectivity index (χ0n) is 9.04. The van der Waals surface area contributed by atoms with Crippen LogP contribution in [-0.2, 0) is 14.3 Å². The zero-order valence-corrected chi connectivity index (χ0v) is 9.04.